The maximum absolute atomic E-state index is 12.0. The van der Waals surface area contributed by atoms with Gasteiger partial charge in [-0.2, -0.15) is 0 Å². The van der Waals surface area contributed by atoms with E-state index in [9.17, 15) is 4.79 Å². The van der Waals surface area contributed by atoms with Crippen LogP contribution in [0.25, 0.3) is 12.2 Å². The van der Waals surface area contributed by atoms with Crippen molar-refractivity contribution in [3.05, 3.63) is 45.4 Å². The highest BCUT2D eigenvalue weighted by molar-refractivity contribution is 7.12. The van der Waals surface area contributed by atoms with Crippen molar-refractivity contribution in [2.75, 3.05) is 13.7 Å². The van der Waals surface area contributed by atoms with E-state index in [2.05, 4.69) is 11.4 Å². The van der Waals surface area contributed by atoms with Crippen molar-refractivity contribution < 1.29 is 9.53 Å². The monoisotopic (exact) mass is 342 g/mol. The molecule has 0 aliphatic heterocycles. The van der Waals surface area contributed by atoms with Crippen LogP contribution in [0.5, 0.6) is 5.75 Å². The third kappa shape index (κ3) is 3.67. The van der Waals surface area contributed by atoms with Crippen molar-refractivity contribution in [3.8, 4) is 5.75 Å². The molecule has 5 heteroatoms. The van der Waals surface area contributed by atoms with Crippen LogP contribution in [0.1, 0.15) is 46.8 Å². The summed E-state index contributed by atoms with van der Waals surface area (Å²) >= 11 is 1.69. The molecule has 1 aromatic heterocycles. The van der Waals surface area contributed by atoms with E-state index in [1.54, 1.807) is 18.4 Å². The third-order valence-electron chi connectivity index (χ3n) is 4.14. The lowest BCUT2D eigenvalue weighted by Gasteiger charge is -2.19. The summed E-state index contributed by atoms with van der Waals surface area (Å²) in [6.45, 7) is 2.65. The van der Waals surface area contributed by atoms with Gasteiger partial charge < -0.3 is 10.1 Å². The largest absolute Gasteiger partial charge is 0.494 e. The highest BCUT2D eigenvalue weighted by Gasteiger charge is 2.29. The number of aryl methyl sites for hydroxylation is 1. The molecule has 0 fully saturated rings. The minimum atomic E-state index is -0.0948. The second-order valence-electron chi connectivity index (χ2n) is 5.75. The Bertz CT molecular complexity index is 734. The number of ether oxygens (including phenoxy) is 1. The molecule has 1 aromatic carbocycles. The minimum Gasteiger partial charge on any atom is -0.494 e. The van der Waals surface area contributed by atoms with Gasteiger partial charge in [-0.3, -0.25) is 4.79 Å². The van der Waals surface area contributed by atoms with Gasteiger partial charge in [0.1, 0.15) is 10.8 Å². The Morgan fingerprint density at radius 3 is 2.88 bits per heavy atom. The summed E-state index contributed by atoms with van der Waals surface area (Å²) < 4.78 is 5.45. The molecule has 1 atom stereocenters. The van der Waals surface area contributed by atoms with E-state index < -0.39 is 0 Å². The third-order valence-corrected chi connectivity index (χ3v) is 5.24. The molecule has 3 rings (SSSR count). The molecule has 0 radical (unpaired) electrons. The van der Waals surface area contributed by atoms with E-state index in [4.69, 9.17) is 9.72 Å². The number of amides is 1. The second-order valence-corrected chi connectivity index (χ2v) is 6.87. The first-order chi connectivity index (χ1) is 11.7. The fourth-order valence-corrected chi connectivity index (χ4v) is 4.02. The topological polar surface area (TPSA) is 51.2 Å². The van der Waals surface area contributed by atoms with Crippen molar-refractivity contribution in [2.45, 2.75) is 32.1 Å². The van der Waals surface area contributed by atoms with Crippen molar-refractivity contribution in [1.82, 2.24) is 10.3 Å². The van der Waals surface area contributed by atoms with Crippen LogP contribution in [-0.4, -0.2) is 24.5 Å². The number of hydrogen-bond acceptors (Lipinski definition) is 4. The number of thiazole rings is 1. The number of nitrogens with one attached hydrogen (secondary N) is 1. The SMILES string of the molecule is CCOc1ccc(C=Cc2nc3c(s2)CCCC3C(=O)NC)cc1. The van der Waals surface area contributed by atoms with E-state index in [1.165, 1.54) is 4.88 Å². The lowest BCUT2D eigenvalue weighted by molar-refractivity contribution is -0.122. The lowest BCUT2D eigenvalue weighted by Crippen LogP contribution is -2.28. The van der Waals surface area contributed by atoms with Crippen molar-refractivity contribution >= 4 is 29.4 Å². The molecule has 24 heavy (non-hydrogen) atoms. The maximum Gasteiger partial charge on any atom is 0.228 e. The first-order valence-corrected chi connectivity index (χ1v) is 9.15. The minimum absolute atomic E-state index is 0.0725. The molecule has 2 aromatic rings. The second kappa shape index (κ2) is 7.62. The fraction of sp³-hybridized carbons (Fsp3) is 0.368. The zero-order valence-corrected chi connectivity index (χ0v) is 14.9. The number of likely N-dealkylation sites (N-methyl/N-ethyl adjacent to an activating group) is 1. The average molecular weight is 342 g/mol. The van der Waals surface area contributed by atoms with Crippen molar-refractivity contribution in [3.63, 3.8) is 0 Å². The Labute approximate surface area is 146 Å². The van der Waals surface area contributed by atoms with Crippen molar-refractivity contribution in [1.29, 1.82) is 0 Å². The molecule has 0 saturated heterocycles. The van der Waals surface area contributed by atoms with Gasteiger partial charge in [-0.05, 0) is 50.0 Å². The number of hydrogen-bond donors (Lipinski definition) is 1. The van der Waals surface area contributed by atoms with E-state index in [0.717, 1.165) is 41.3 Å². The van der Waals surface area contributed by atoms with Gasteiger partial charge in [-0.15, -0.1) is 11.3 Å². The van der Waals surface area contributed by atoms with Gasteiger partial charge in [0.25, 0.3) is 0 Å². The predicted octanol–water partition coefficient (Wildman–Crippen LogP) is 3.88. The van der Waals surface area contributed by atoms with E-state index in [-0.39, 0.29) is 11.8 Å². The quantitative estimate of drug-likeness (QED) is 0.897. The summed E-state index contributed by atoms with van der Waals surface area (Å²) in [5.74, 6) is 0.860. The Balaban J connectivity index is 1.76. The summed E-state index contributed by atoms with van der Waals surface area (Å²) in [7, 11) is 1.69. The van der Waals surface area contributed by atoms with Crippen LogP contribution in [0.15, 0.2) is 24.3 Å². The highest BCUT2D eigenvalue weighted by atomic mass is 32.1. The number of carbonyl (C=O) groups is 1. The number of benzene rings is 1. The summed E-state index contributed by atoms with van der Waals surface area (Å²) in [6.07, 6.45) is 7.04. The molecule has 4 nitrogen and oxygen atoms in total. The van der Waals surface area contributed by atoms with Crippen LogP contribution in [0.4, 0.5) is 0 Å². The zero-order chi connectivity index (χ0) is 16.9. The van der Waals surface area contributed by atoms with Crippen LogP contribution < -0.4 is 10.1 Å². The number of fused-ring (bicyclic) bond motifs is 1. The van der Waals surface area contributed by atoms with Crippen LogP contribution >= 0.6 is 11.3 Å². The standard InChI is InChI=1S/C19H22N2O2S/c1-3-23-14-10-7-13(8-11-14)9-12-17-21-18-15(19(22)20-2)5-4-6-16(18)24-17/h7-12,15H,3-6H2,1-2H3,(H,20,22). The van der Waals surface area contributed by atoms with Gasteiger partial charge in [-0.1, -0.05) is 18.2 Å². The molecule has 1 unspecified atom stereocenters. The Kier molecular flexibility index (Phi) is 5.30. The number of carbonyl (C=O) groups excluding carboxylic acids is 1. The van der Waals surface area contributed by atoms with Crippen molar-refractivity contribution in [2.24, 2.45) is 0 Å². The van der Waals surface area contributed by atoms with E-state index in [0.29, 0.717) is 6.61 Å². The predicted molar refractivity (Wildman–Crippen MR) is 98.4 cm³/mol. The smallest absolute Gasteiger partial charge is 0.228 e. The van der Waals surface area contributed by atoms with Crippen LogP contribution in [0, 0.1) is 0 Å². The first kappa shape index (κ1) is 16.7. The number of rotatable bonds is 5. The molecule has 1 aliphatic carbocycles. The van der Waals surface area contributed by atoms with E-state index >= 15 is 0 Å². The molecule has 0 saturated carbocycles. The summed E-state index contributed by atoms with van der Waals surface area (Å²) in [5, 5.41) is 3.72. The van der Waals surface area contributed by atoms with E-state index in [1.807, 2.05) is 37.3 Å². The molecular weight excluding hydrogens is 320 g/mol. The molecule has 1 aliphatic rings. The number of nitrogens with zero attached hydrogens (tertiary/aromatic N) is 1. The fourth-order valence-electron chi connectivity index (χ4n) is 2.95. The molecule has 126 valence electrons. The van der Waals surface area contributed by atoms with Crippen LogP contribution in [0.3, 0.4) is 0 Å². The van der Waals surface area contributed by atoms with Gasteiger partial charge in [0.05, 0.1) is 18.2 Å². The molecule has 1 amide bonds. The van der Waals surface area contributed by atoms with Crippen LogP contribution in [0.2, 0.25) is 0 Å². The molecule has 1 heterocycles. The molecular formula is C19H22N2O2S. The summed E-state index contributed by atoms with van der Waals surface area (Å²) in [5.41, 5.74) is 2.08. The summed E-state index contributed by atoms with van der Waals surface area (Å²) in [4.78, 5) is 18.0. The molecule has 0 bridgehead atoms. The van der Waals surface area contributed by atoms with Gasteiger partial charge in [0, 0.05) is 11.9 Å². The lowest BCUT2D eigenvalue weighted by atomic mass is 9.90. The molecule has 0 spiro atoms. The number of aromatic nitrogens is 1. The maximum atomic E-state index is 12.0. The van der Waals surface area contributed by atoms with Gasteiger partial charge in [0.15, 0.2) is 0 Å². The first-order valence-electron chi connectivity index (χ1n) is 8.33. The van der Waals surface area contributed by atoms with Gasteiger partial charge in [0.2, 0.25) is 5.91 Å². The zero-order valence-electron chi connectivity index (χ0n) is 14.0. The van der Waals surface area contributed by atoms with Crippen LogP contribution in [-0.2, 0) is 11.2 Å². The Hall–Kier alpha value is -2.14. The van der Waals surface area contributed by atoms with Gasteiger partial charge >= 0.3 is 0 Å². The molecule has 1 N–H and O–H groups in total. The Morgan fingerprint density at radius 2 is 2.17 bits per heavy atom. The van der Waals surface area contributed by atoms with Gasteiger partial charge in [-0.25, -0.2) is 4.98 Å². The highest BCUT2D eigenvalue weighted by Crippen LogP contribution is 2.35. The normalized spacial score (nSPS) is 16.8. The Morgan fingerprint density at radius 1 is 1.38 bits per heavy atom. The summed E-state index contributed by atoms with van der Waals surface area (Å²) in [6, 6.07) is 8.00. The average Bonchev–Trinajstić information content (AvgIpc) is 3.03.